The van der Waals surface area contributed by atoms with E-state index in [1.54, 1.807) is 0 Å². The summed E-state index contributed by atoms with van der Waals surface area (Å²) in [4.78, 5) is 72.6. The van der Waals surface area contributed by atoms with Gasteiger partial charge in [-0.1, -0.05) is 263 Å². The van der Waals surface area contributed by atoms with Crippen molar-refractivity contribution in [3.63, 3.8) is 0 Å². The Morgan fingerprint density at radius 3 is 0.783 bits per heavy atom. The number of aliphatic hydroxyl groups is 1. The highest BCUT2D eigenvalue weighted by Gasteiger charge is 2.30. The van der Waals surface area contributed by atoms with Gasteiger partial charge in [-0.15, -0.1) is 0 Å². The normalized spacial score (nSPS) is 14.2. The number of rotatable bonds is 71. The van der Waals surface area contributed by atoms with E-state index in [1.165, 1.54) is 128 Å². The molecule has 0 spiro atoms. The molecule has 0 bridgehead atoms. The second-order valence-corrected chi connectivity index (χ2v) is 28.1. The molecule has 0 heterocycles. The largest absolute Gasteiger partial charge is 0.472 e. The van der Waals surface area contributed by atoms with E-state index in [2.05, 4.69) is 64.2 Å². The lowest BCUT2D eigenvalue weighted by Crippen LogP contribution is -2.30. The van der Waals surface area contributed by atoms with Crippen LogP contribution in [0.4, 0.5) is 0 Å². The lowest BCUT2D eigenvalue weighted by molar-refractivity contribution is -0.161. The van der Waals surface area contributed by atoms with Crippen molar-refractivity contribution in [2.45, 2.75) is 367 Å². The quantitative estimate of drug-likeness (QED) is 0.0169. The number of ether oxygens (including phenoxy) is 4. The number of esters is 4. The Morgan fingerprint density at radius 2 is 0.511 bits per heavy atom. The molecule has 0 saturated carbocycles. The smallest absolute Gasteiger partial charge is 0.462 e. The first-order valence-electron chi connectivity index (χ1n) is 37.2. The van der Waals surface area contributed by atoms with Crippen LogP contribution in [0.2, 0.25) is 0 Å². The molecule has 17 nitrogen and oxygen atoms in total. The molecule has 3 N–H and O–H groups in total. The standard InChI is InChI=1S/C73H136O17P2/c1-5-9-13-17-21-25-29-31-33-35-39-41-45-49-53-57-70(75)83-63-68(89-72(77)59-55-51-47-43-37-27-23-19-15-11-7-3)65-87-91(79,80)85-61-67(74)62-86-92(81,82)88-66-69(90-73(78)60-56-52-48-44-38-28-24-20-16-12-8-4)64-84-71(76)58-54-50-46-42-40-36-34-32-30-26-22-18-14-10-6-2/h19,23,31-34,67-69,74H,5-18,20-22,24-30,35-66H2,1-4H3,(H,79,80)(H,81,82)/b23-19-,33-31-,34-32-. The van der Waals surface area contributed by atoms with E-state index in [9.17, 15) is 43.2 Å². The van der Waals surface area contributed by atoms with Crippen molar-refractivity contribution in [1.29, 1.82) is 0 Å². The van der Waals surface area contributed by atoms with Crippen molar-refractivity contribution in [3.05, 3.63) is 36.5 Å². The first-order chi connectivity index (χ1) is 44.7. The van der Waals surface area contributed by atoms with Gasteiger partial charge in [0, 0.05) is 25.7 Å². The zero-order valence-corrected chi connectivity index (χ0v) is 60.5. The number of allylic oxidation sites excluding steroid dienone is 6. The third-order valence-electron chi connectivity index (χ3n) is 16.1. The molecular formula is C73H136O17P2. The van der Waals surface area contributed by atoms with Gasteiger partial charge < -0.3 is 33.8 Å². The molecule has 0 aliphatic heterocycles. The van der Waals surface area contributed by atoms with Crippen LogP contribution < -0.4 is 0 Å². The average molecular weight is 1350 g/mol. The molecule has 0 fully saturated rings. The number of phosphoric ester groups is 2. The number of carbonyl (C=O) groups is 4. The van der Waals surface area contributed by atoms with Crippen molar-refractivity contribution in [2.75, 3.05) is 39.6 Å². The fourth-order valence-corrected chi connectivity index (χ4v) is 11.9. The summed E-state index contributed by atoms with van der Waals surface area (Å²) >= 11 is 0. The van der Waals surface area contributed by atoms with Gasteiger partial charge in [0.2, 0.25) is 0 Å². The maximum atomic E-state index is 13.0. The van der Waals surface area contributed by atoms with Crippen LogP contribution in [0.15, 0.2) is 36.5 Å². The fourth-order valence-electron chi connectivity index (χ4n) is 10.3. The highest BCUT2D eigenvalue weighted by molar-refractivity contribution is 7.47. The van der Waals surface area contributed by atoms with Crippen molar-refractivity contribution < 1.29 is 80.2 Å². The monoisotopic (exact) mass is 1350 g/mol. The van der Waals surface area contributed by atoms with E-state index in [-0.39, 0.29) is 25.7 Å². The van der Waals surface area contributed by atoms with E-state index in [0.717, 1.165) is 141 Å². The van der Waals surface area contributed by atoms with E-state index in [1.807, 2.05) is 0 Å². The fraction of sp³-hybridized carbons (Fsp3) is 0.863. The van der Waals surface area contributed by atoms with E-state index >= 15 is 0 Å². The molecule has 540 valence electrons. The summed E-state index contributed by atoms with van der Waals surface area (Å²) in [6.45, 7) is 4.84. The van der Waals surface area contributed by atoms with Gasteiger partial charge in [-0.25, -0.2) is 9.13 Å². The maximum Gasteiger partial charge on any atom is 0.472 e. The first-order valence-corrected chi connectivity index (χ1v) is 40.2. The predicted octanol–water partition coefficient (Wildman–Crippen LogP) is 20.8. The molecule has 0 saturated heterocycles. The summed E-state index contributed by atoms with van der Waals surface area (Å²) in [7, 11) is -9.92. The second kappa shape index (κ2) is 66.9. The molecule has 5 atom stereocenters. The van der Waals surface area contributed by atoms with Crippen LogP contribution in [0.3, 0.4) is 0 Å². The van der Waals surface area contributed by atoms with Gasteiger partial charge in [0.15, 0.2) is 12.2 Å². The number of carbonyl (C=O) groups excluding carboxylic acids is 4. The Labute approximate surface area is 560 Å². The summed E-state index contributed by atoms with van der Waals surface area (Å²) < 4.78 is 68.3. The third-order valence-corrected chi connectivity index (χ3v) is 18.0. The van der Waals surface area contributed by atoms with Crippen LogP contribution in [-0.4, -0.2) is 96.7 Å². The first kappa shape index (κ1) is 89.3. The van der Waals surface area contributed by atoms with E-state index in [0.29, 0.717) is 25.7 Å². The second-order valence-electron chi connectivity index (χ2n) is 25.2. The molecule has 0 aromatic heterocycles. The van der Waals surface area contributed by atoms with Gasteiger partial charge in [0.05, 0.1) is 26.4 Å². The number of hydrogen-bond acceptors (Lipinski definition) is 15. The summed E-state index contributed by atoms with van der Waals surface area (Å²) in [6.07, 6.45) is 60.1. The lowest BCUT2D eigenvalue weighted by Gasteiger charge is -2.21. The number of phosphoric acid groups is 2. The molecule has 0 amide bonds. The molecule has 0 aromatic rings. The number of unbranched alkanes of at least 4 members (excludes halogenated alkanes) is 39. The SMILES string of the molecule is CCCC/C=C\CCCCCCCC(=O)OC(COC(=O)CCCCCCC/C=C\CCCCCCCC)COP(=O)(O)OCC(O)COP(=O)(O)OCC(COC(=O)CCCCCCC/C=C\CCCCCCCC)OC(=O)CCCCCCCCCCCCC. The average Bonchev–Trinajstić information content (AvgIpc) is 2.46. The topological polar surface area (TPSA) is 237 Å². The Bertz CT molecular complexity index is 1900. The van der Waals surface area contributed by atoms with Crippen molar-refractivity contribution >= 4 is 39.5 Å². The zero-order valence-electron chi connectivity index (χ0n) is 58.7. The minimum Gasteiger partial charge on any atom is -0.462 e. The number of hydrogen-bond donors (Lipinski definition) is 3. The van der Waals surface area contributed by atoms with Crippen molar-refractivity contribution in [1.82, 2.24) is 0 Å². The number of aliphatic hydroxyl groups excluding tert-OH is 1. The molecule has 0 aliphatic rings. The van der Waals surface area contributed by atoms with Gasteiger partial charge in [-0.2, -0.15) is 0 Å². The van der Waals surface area contributed by atoms with Gasteiger partial charge in [-0.3, -0.25) is 37.3 Å². The minimum absolute atomic E-state index is 0.0885. The Balaban J connectivity index is 5.27. The van der Waals surface area contributed by atoms with Crippen LogP contribution in [0.5, 0.6) is 0 Å². The molecular weight excluding hydrogens is 1210 g/mol. The highest BCUT2D eigenvalue weighted by Crippen LogP contribution is 2.45. The predicted molar refractivity (Wildman–Crippen MR) is 372 cm³/mol. The Kier molecular flexibility index (Phi) is 64.9. The Morgan fingerprint density at radius 1 is 0.293 bits per heavy atom. The molecule has 0 rings (SSSR count). The molecule has 0 aliphatic carbocycles. The molecule has 5 unspecified atom stereocenters. The zero-order chi connectivity index (χ0) is 67.5. The van der Waals surface area contributed by atoms with Crippen LogP contribution in [-0.2, 0) is 65.4 Å². The lowest BCUT2D eigenvalue weighted by atomic mass is 10.1. The van der Waals surface area contributed by atoms with E-state index in [4.69, 9.17) is 37.0 Å². The summed E-state index contributed by atoms with van der Waals surface area (Å²) in [5.41, 5.74) is 0. The van der Waals surface area contributed by atoms with Crippen LogP contribution in [0.1, 0.15) is 349 Å². The van der Waals surface area contributed by atoms with Gasteiger partial charge in [-0.05, 0) is 96.3 Å². The molecule has 0 radical (unpaired) electrons. The van der Waals surface area contributed by atoms with Crippen molar-refractivity contribution in [3.8, 4) is 0 Å². The molecule has 19 heteroatoms. The highest BCUT2D eigenvalue weighted by atomic mass is 31.2. The molecule has 0 aromatic carbocycles. The Hall–Kier alpha value is -2.72. The maximum absolute atomic E-state index is 13.0. The van der Waals surface area contributed by atoms with Gasteiger partial charge >= 0.3 is 39.5 Å². The van der Waals surface area contributed by atoms with Gasteiger partial charge in [0.1, 0.15) is 19.3 Å². The molecule has 92 heavy (non-hydrogen) atoms. The summed E-state index contributed by atoms with van der Waals surface area (Å²) in [6, 6.07) is 0. The van der Waals surface area contributed by atoms with Gasteiger partial charge in [0.25, 0.3) is 0 Å². The van der Waals surface area contributed by atoms with E-state index < -0.39 is 97.5 Å². The van der Waals surface area contributed by atoms with Crippen molar-refractivity contribution in [2.24, 2.45) is 0 Å². The van der Waals surface area contributed by atoms with Crippen LogP contribution >= 0.6 is 15.6 Å². The minimum atomic E-state index is -4.96. The third kappa shape index (κ3) is 65.9. The summed E-state index contributed by atoms with van der Waals surface area (Å²) in [5.74, 6) is -2.17. The summed E-state index contributed by atoms with van der Waals surface area (Å²) in [5, 5.41) is 10.6. The van der Waals surface area contributed by atoms with Crippen LogP contribution in [0.25, 0.3) is 0 Å². The van der Waals surface area contributed by atoms with Crippen LogP contribution in [0, 0.1) is 0 Å².